The molecule has 0 saturated carbocycles. The Balaban J connectivity index is 2.76. The van der Waals surface area contributed by atoms with Crippen molar-refractivity contribution in [2.24, 2.45) is 5.92 Å². The van der Waals surface area contributed by atoms with E-state index in [2.05, 4.69) is 6.58 Å². The molecule has 0 aromatic rings. The fourth-order valence-electron chi connectivity index (χ4n) is 3.84. The molecular formula is C20H26O8. The maximum atomic E-state index is 12.2. The molecule has 3 atom stereocenters. The number of aliphatic hydroxyl groups is 4. The Labute approximate surface area is 162 Å². The Hall–Kier alpha value is -2.26. The fraction of sp³-hybridized carbons (Fsp3) is 0.500. The van der Waals surface area contributed by atoms with E-state index in [4.69, 9.17) is 4.74 Å². The van der Waals surface area contributed by atoms with Crippen LogP contribution < -0.4 is 0 Å². The van der Waals surface area contributed by atoms with Crippen LogP contribution in [-0.2, 0) is 14.3 Å². The van der Waals surface area contributed by atoms with Crippen molar-refractivity contribution in [1.29, 1.82) is 0 Å². The highest BCUT2D eigenvalue weighted by atomic mass is 16.6. The molecule has 0 bridgehead atoms. The molecule has 1 fully saturated rings. The number of carbonyl (C=O) groups excluding carboxylic acids is 1. The molecule has 2 aliphatic rings. The van der Waals surface area contributed by atoms with Crippen molar-refractivity contribution in [3.05, 3.63) is 46.6 Å². The number of carboxylic acids is 1. The van der Waals surface area contributed by atoms with Gasteiger partial charge in [-0.2, -0.15) is 0 Å². The van der Waals surface area contributed by atoms with E-state index in [9.17, 15) is 35.1 Å². The van der Waals surface area contributed by atoms with E-state index in [0.29, 0.717) is 24.0 Å². The molecule has 2 rings (SSSR count). The average molecular weight is 394 g/mol. The lowest BCUT2D eigenvalue weighted by molar-refractivity contribution is -0.138. The molecule has 1 saturated heterocycles. The van der Waals surface area contributed by atoms with Crippen LogP contribution in [0.1, 0.15) is 26.2 Å². The Morgan fingerprint density at radius 3 is 2.46 bits per heavy atom. The summed E-state index contributed by atoms with van der Waals surface area (Å²) < 4.78 is 5.32. The van der Waals surface area contributed by atoms with Crippen LogP contribution in [0.3, 0.4) is 0 Å². The van der Waals surface area contributed by atoms with Gasteiger partial charge in [-0.05, 0) is 42.6 Å². The lowest BCUT2D eigenvalue weighted by atomic mass is 9.70. The molecule has 5 N–H and O–H groups in total. The number of fused-ring (bicyclic) bond motifs is 1. The quantitative estimate of drug-likeness (QED) is 0.253. The molecule has 8 heteroatoms. The number of aliphatic hydroxyl groups excluding tert-OH is 3. The smallest absolute Gasteiger partial charge is 0.334 e. The van der Waals surface area contributed by atoms with Crippen LogP contribution >= 0.6 is 0 Å². The molecule has 0 spiro atoms. The Bertz CT molecular complexity index is 760. The van der Waals surface area contributed by atoms with Crippen molar-refractivity contribution in [3.8, 4) is 0 Å². The van der Waals surface area contributed by atoms with Gasteiger partial charge in [0.2, 0.25) is 0 Å². The van der Waals surface area contributed by atoms with Crippen LogP contribution in [0.15, 0.2) is 46.6 Å². The summed E-state index contributed by atoms with van der Waals surface area (Å²) in [6.07, 6.45) is 2.95. The maximum absolute atomic E-state index is 12.2. The lowest BCUT2D eigenvalue weighted by Gasteiger charge is -2.39. The third-order valence-electron chi connectivity index (χ3n) is 5.38. The number of allylic oxidation sites excluding steroid dienone is 1. The van der Waals surface area contributed by atoms with Gasteiger partial charge in [-0.25, -0.2) is 9.59 Å². The fourth-order valence-corrected chi connectivity index (χ4v) is 3.84. The number of hydrogen-bond acceptors (Lipinski definition) is 7. The first-order valence-corrected chi connectivity index (χ1v) is 8.95. The summed E-state index contributed by atoms with van der Waals surface area (Å²) in [6.45, 7) is 3.50. The van der Waals surface area contributed by atoms with E-state index in [1.807, 2.05) is 0 Å². The normalized spacial score (nSPS) is 33.0. The van der Waals surface area contributed by atoms with Crippen LogP contribution in [0.5, 0.6) is 0 Å². The second kappa shape index (κ2) is 8.83. The zero-order valence-corrected chi connectivity index (χ0v) is 15.7. The van der Waals surface area contributed by atoms with Gasteiger partial charge < -0.3 is 30.3 Å². The number of carboxylic acid groups (broad SMARTS) is 1. The van der Waals surface area contributed by atoms with Crippen molar-refractivity contribution in [2.45, 2.75) is 37.9 Å². The average Bonchev–Trinajstić information content (AvgIpc) is 2.94. The van der Waals surface area contributed by atoms with E-state index in [1.165, 1.54) is 13.0 Å². The molecule has 1 aliphatic carbocycles. The van der Waals surface area contributed by atoms with Crippen LogP contribution in [0.25, 0.3) is 0 Å². The molecule has 154 valence electrons. The van der Waals surface area contributed by atoms with Crippen molar-refractivity contribution in [3.63, 3.8) is 0 Å². The van der Waals surface area contributed by atoms with E-state index >= 15 is 0 Å². The summed E-state index contributed by atoms with van der Waals surface area (Å²) in [7, 11) is 0. The minimum Gasteiger partial charge on any atom is -0.478 e. The summed E-state index contributed by atoms with van der Waals surface area (Å²) in [5.74, 6) is -3.17. The number of carbonyl (C=O) groups is 2. The van der Waals surface area contributed by atoms with Gasteiger partial charge in [-0.3, -0.25) is 0 Å². The van der Waals surface area contributed by atoms with Crippen molar-refractivity contribution in [2.75, 3.05) is 19.8 Å². The second-order valence-corrected chi connectivity index (χ2v) is 7.08. The third-order valence-corrected chi connectivity index (χ3v) is 5.38. The highest BCUT2D eigenvalue weighted by Crippen LogP contribution is 2.45. The SMILES string of the molecule is C=C1C(=O)O[C@@H]2/C=C(/CO)CC/C=C(/CO)C[C@@](O)(/C(CO)=C(/C)C(=O)O)[C@H]12. The van der Waals surface area contributed by atoms with Crippen molar-refractivity contribution < 1.29 is 39.9 Å². The standard InChI is InChI=1S/C20H26O8/c1-11(18(24)25)15(10-23)20(27)7-14(9-22)5-3-4-13(8-21)6-16-17(20)12(2)19(26)28-16/h5-6,16-17,21-23,27H,2-4,7-10H2,1H3,(H,24,25)/b13-6+,14-5+,15-11-/t16-,17-,20-/m1/s1. The molecular weight excluding hydrogens is 368 g/mol. The number of ether oxygens (including phenoxy) is 1. The van der Waals surface area contributed by atoms with E-state index in [0.717, 1.165) is 0 Å². The largest absolute Gasteiger partial charge is 0.478 e. The first kappa shape index (κ1) is 22.0. The predicted molar refractivity (Wildman–Crippen MR) is 99.1 cm³/mol. The molecule has 8 nitrogen and oxygen atoms in total. The van der Waals surface area contributed by atoms with Crippen LogP contribution in [0, 0.1) is 5.92 Å². The minimum atomic E-state index is -2.03. The van der Waals surface area contributed by atoms with Crippen molar-refractivity contribution in [1.82, 2.24) is 0 Å². The van der Waals surface area contributed by atoms with Gasteiger partial charge in [0.1, 0.15) is 11.7 Å². The zero-order valence-electron chi connectivity index (χ0n) is 15.7. The zero-order chi connectivity index (χ0) is 21.1. The highest BCUT2D eigenvalue weighted by Gasteiger charge is 2.53. The molecule has 28 heavy (non-hydrogen) atoms. The molecule has 1 heterocycles. The first-order valence-electron chi connectivity index (χ1n) is 8.95. The van der Waals surface area contributed by atoms with E-state index in [-0.39, 0.29) is 29.7 Å². The predicted octanol–water partition coefficient (Wildman–Crippen LogP) is 0.230. The molecule has 1 aliphatic heterocycles. The van der Waals surface area contributed by atoms with Crippen LogP contribution in [-0.4, -0.2) is 69.0 Å². The van der Waals surface area contributed by atoms with E-state index in [1.54, 1.807) is 6.08 Å². The Kier molecular flexibility index (Phi) is 6.95. The molecule has 0 aromatic carbocycles. The minimum absolute atomic E-state index is 0.0666. The third kappa shape index (κ3) is 4.10. The molecule has 0 aromatic heterocycles. The van der Waals surface area contributed by atoms with Gasteiger partial charge in [-0.1, -0.05) is 12.7 Å². The Morgan fingerprint density at radius 2 is 1.93 bits per heavy atom. The summed E-state index contributed by atoms with van der Waals surface area (Å²) in [5, 5.41) is 50.3. The number of aliphatic carboxylic acids is 1. The number of esters is 1. The molecule has 0 unspecified atom stereocenters. The number of rotatable bonds is 5. The van der Waals surface area contributed by atoms with Crippen molar-refractivity contribution >= 4 is 11.9 Å². The van der Waals surface area contributed by atoms with Crippen LogP contribution in [0.4, 0.5) is 0 Å². The summed E-state index contributed by atoms with van der Waals surface area (Å²) in [6, 6.07) is 0. The first-order chi connectivity index (χ1) is 13.2. The van der Waals surface area contributed by atoms with Gasteiger partial charge in [0, 0.05) is 17.6 Å². The summed E-state index contributed by atoms with van der Waals surface area (Å²) in [5.41, 5.74) is -1.57. The van der Waals surface area contributed by atoms with Gasteiger partial charge in [-0.15, -0.1) is 0 Å². The van der Waals surface area contributed by atoms with Gasteiger partial charge in [0.05, 0.1) is 25.7 Å². The van der Waals surface area contributed by atoms with Crippen LogP contribution in [0.2, 0.25) is 0 Å². The Morgan fingerprint density at radius 1 is 1.29 bits per heavy atom. The summed E-state index contributed by atoms with van der Waals surface area (Å²) in [4.78, 5) is 23.7. The number of hydrogen-bond donors (Lipinski definition) is 5. The lowest BCUT2D eigenvalue weighted by Crippen LogP contribution is -2.47. The second-order valence-electron chi connectivity index (χ2n) is 7.08. The molecule has 0 radical (unpaired) electrons. The molecule has 0 amide bonds. The van der Waals surface area contributed by atoms with Gasteiger partial charge in [0.15, 0.2) is 0 Å². The summed E-state index contributed by atoms with van der Waals surface area (Å²) >= 11 is 0. The highest BCUT2D eigenvalue weighted by molar-refractivity contribution is 5.92. The van der Waals surface area contributed by atoms with Gasteiger partial charge in [0.25, 0.3) is 0 Å². The monoisotopic (exact) mass is 394 g/mol. The van der Waals surface area contributed by atoms with Gasteiger partial charge >= 0.3 is 11.9 Å². The topological polar surface area (TPSA) is 145 Å². The van der Waals surface area contributed by atoms with E-state index < -0.39 is 42.8 Å². The maximum Gasteiger partial charge on any atom is 0.334 e.